The highest BCUT2D eigenvalue weighted by Gasteiger charge is 2.44. The number of hydrogen-bond donors (Lipinski definition) is 1. The summed E-state index contributed by atoms with van der Waals surface area (Å²) in [5.74, 6) is 1.25. The van der Waals surface area contributed by atoms with Crippen LogP contribution in [-0.4, -0.2) is 29.6 Å². The van der Waals surface area contributed by atoms with Crippen LogP contribution >= 0.6 is 0 Å². The highest BCUT2D eigenvalue weighted by Crippen LogP contribution is 2.38. The van der Waals surface area contributed by atoms with Crippen LogP contribution in [0, 0.1) is 12.7 Å². The van der Waals surface area contributed by atoms with Crippen LogP contribution in [0.1, 0.15) is 24.0 Å². The normalized spacial score (nSPS) is 23.3. The van der Waals surface area contributed by atoms with E-state index in [0.29, 0.717) is 13.2 Å². The van der Waals surface area contributed by atoms with E-state index in [1.54, 1.807) is 12.1 Å². The van der Waals surface area contributed by atoms with Gasteiger partial charge in [0.2, 0.25) is 0 Å². The predicted molar refractivity (Wildman–Crippen MR) is 110 cm³/mol. The van der Waals surface area contributed by atoms with Crippen molar-refractivity contribution >= 4 is 5.69 Å². The zero-order valence-electron chi connectivity index (χ0n) is 16.8. The van der Waals surface area contributed by atoms with E-state index in [1.165, 1.54) is 12.1 Å². The highest BCUT2D eigenvalue weighted by molar-refractivity contribution is 5.57. The van der Waals surface area contributed by atoms with Crippen LogP contribution in [-0.2, 0) is 16.1 Å². The number of fused-ring (bicyclic) bond motifs is 1. The van der Waals surface area contributed by atoms with Crippen LogP contribution in [0.4, 0.5) is 10.1 Å². The van der Waals surface area contributed by atoms with Crippen molar-refractivity contribution in [1.29, 1.82) is 0 Å². The Morgan fingerprint density at radius 2 is 1.97 bits per heavy atom. The maximum atomic E-state index is 13.0. The van der Waals surface area contributed by atoms with Gasteiger partial charge in [0, 0.05) is 11.9 Å². The number of allylic oxidation sites excluding steroid dienone is 1. The molecule has 2 heterocycles. The molecule has 2 aromatic rings. The average molecular weight is 409 g/mol. The molecule has 0 aromatic heterocycles. The Bertz CT molecular complexity index is 997. The Morgan fingerprint density at radius 1 is 1.17 bits per heavy atom. The second-order valence-corrected chi connectivity index (χ2v) is 8.16. The van der Waals surface area contributed by atoms with Crippen molar-refractivity contribution in [2.75, 3.05) is 11.5 Å². The van der Waals surface area contributed by atoms with Gasteiger partial charge in [-0.1, -0.05) is 12.1 Å². The Morgan fingerprint density at radius 3 is 2.70 bits per heavy atom. The van der Waals surface area contributed by atoms with Crippen molar-refractivity contribution in [3.05, 3.63) is 83.5 Å². The Kier molecular flexibility index (Phi) is 4.76. The molecule has 2 aromatic carbocycles. The number of anilines is 1. The van der Waals surface area contributed by atoms with Crippen LogP contribution in [0.25, 0.3) is 0 Å². The molecule has 2 unspecified atom stereocenters. The summed E-state index contributed by atoms with van der Waals surface area (Å²) < 4.78 is 30.5. The van der Waals surface area contributed by atoms with Crippen LogP contribution in [0.2, 0.25) is 0 Å². The molecule has 5 rings (SSSR count). The summed E-state index contributed by atoms with van der Waals surface area (Å²) in [6.45, 7) is 2.70. The molecular formula is C24H24FNO4. The lowest BCUT2D eigenvalue weighted by Gasteiger charge is -2.20. The topological polar surface area (TPSA) is 54.5 Å². The molecule has 5 nitrogen and oxygen atoms in total. The van der Waals surface area contributed by atoms with Gasteiger partial charge < -0.3 is 24.2 Å². The summed E-state index contributed by atoms with van der Waals surface area (Å²) >= 11 is 0. The minimum absolute atomic E-state index is 0.0384. The van der Waals surface area contributed by atoms with Gasteiger partial charge in [-0.2, -0.15) is 0 Å². The van der Waals surface area contributed by atoms with E-state index in [1.807, 2.05) is 37.4 Å². The number of halogens is 1. The summed E-state index contributed by atoms with van der Waals surface area (Å²) in [6.07, 6.45) is 7.35. The van der Waals surface area contributed by atoms with Gasteiger partial charge >= 0.3 is 0 Å². The molecule has 2 atom stereocenters. The first-order valence-corrected chi connectivity index (χ1v) is 10.2. The van der Waals surface area contributed by atoms with Crippen molar-refractivity contribution in [2.45, 2.75) is 44.3 Å². The third-order valence-corrected chi connectivity index (χ3v) is 5.60. The number of rotatable bonds is 7. The smallest absolute Gasteiger partial charge is 0.165 e. The quantitative estimate of drug-likeness (QED) is 0.695. The lowest BCUT2D eigenvalue weighted by Crippen LogP contribution is -2.21. The fraction of sp³-hybridized carbons (Fsp3) is 0.333. The van der Waals surface area contributed by atoms with Gasteiger partial charge in [-0.3, -0.25) is 0 Å². The van der Waals surface area contributed by atoms with Crippen LogP contribution in [0.3, 0.4) is 0 Å². The summed E-state index contributed by atoms with van der Waals surface area (Å²) in [5.41, 5.74) is 2.28. The van der Waals surface area contributed by atoms with Crippen molar-refractivity contribution in [3.8, 4) is 5.75 Å². The molecule has 0 spiro atoms. The SMILES string of the molecule is Cc1cc(N2C=CC(OCc3ccc(F)cc3)=CC3OC32)ccc1OCC1(O)CC1. The molecule has 3 aliphatic rings. The highest BCUT2D eigenvalue weighted by atomic mass is 19.1. The summed E-state index contributed by atoms with van der Waals surface area (Å²) in [4.78, 5) is 2.07. The van der Waals surface area contributed by atoms with E-state index >= 15 is 0 Å². The van der Waals surface area contributed by atoms with Gasteiger partial charge in [-0.15, -0.1) is 0 Å². The van der Waals surface area contributed by atoms with E-state index in [4.69, 9.17) is 14.2 Å². The second-order valence-electron chi connectivity index (χ2n) is 8.16. The maximum Gasteiger partial charge on any atom is 0.165 e. The number of hydrogen-bond acceptors (Lipinski definition) is 5. The number of epoxide rings is 1. The van der Waals surface area contributed by atoms with Crippen molar-refractivity contribution in [2.24, 2.45) is 0 Å². The fourth-order valence-electron chi connectivity index (χ4n) is 3.45. The zero-order chi connectivity index (χ0) is 20.7. The lowest BCUT2D eigenvalue weighted by atomic mass is 10.2. The van der Waals surface area contributed by atoms with E-state index in [9.17, 15) is 9.50 Å². The summed E-state index contributed by atoms with van der Waals surface area (Å²) in [5, 5.41) is 9.97. The number of nitrogens with zero attached hydrogens (tertiary/aromatic N) is 1. The lowest BCUT2D eigenvalue weighted by molar-refractivity contribution is 0.0853. The van der Waals surface area contributed by atoms with Gasteiger partial charge in [0.25, 0.3) is 0 Å². The first-order valence-electron chi connectivity index (χ1n) is 10.2. The van der Waals surface area contributed by atoms with E-state index < -0.39 is 5.60 Å². The van der Waals surface area contributed by atoms with Crippen molar-refractivity contribution in [1.82, 2.24) is 0 Å². The van der Waals surface area contributed by atoms with Crippen LogP contribution in [0.15, 0.2) is 66.6 Å². The Hall–Kier alpha value is -2.83. The van der Waals surface area contributed by atoms with E-state index in [-0.39, 0.29) is 18.1 Å². The molecule has 0 bridgehead atoms. The molecule has 6 heteroatoms. The average Bonchev–Trinajstić information content (AvgIpc) is 3.64. The predicted octanol–water partition coefficient (Wildman–Crippen LogP) is 4.20. The minimum Gasteiger partial charge on any atom is -0.490 e. The molecule has 1 saturated heterocycles. The Balaban J connectivity index is 1.24. The maximum absolute atomic E-state index is 13.0. The molecular weight excluding hydrogens is 385 g/mol. The van der Waals surface area contributed by atoms with Crippen molar-refractivity contribution in [3.63, 3.8) is 0 Å². The summed E-state index contributed by atoms with van der Waals surface area (Å²) in [7, 11) is 0. The fourth-order valence-corrected chi connectivity index (χ4v) is 3.45. The third kappa shape index (κ3) is 4.20. The molecule has 2 aliphatic heterocycles. The standard InChI is InChI=1S/C24H24FNO4/c1-16-12-19(6-7-21(16)29-15-24(27)9-10-24)26-11-8-20(13-22-23(26)30-22)28-14-17-2-4-18(25)5-3-17/h2-8,11-13,22-23,27H,9-10,14-15H2,1H3. The molecule has 2 fully saturated rings. The van der Waals surface area contributed by atoms with Gasteiger partial charge in [-0.05, 0) is 73.4 Å². The molecule has 1 saturated carbocycles. The van der Waals surface area contributed by atoms with Gasteiger partial charge in [0.05, 0.1) is 5.60 Å². The summed E-state index contributed by atoms with van der Waals surface area (Å²) in [6, 6.07) is 12.3. The number of aryl methyl sites for hydroxylation is 1. The van der Waals surface area contributed by atoms with Gasteiger partial charge in [-0.25, -0.2) is 4.39 Å². The zero-order valence-corrected chi connectivity index (χ0v) is 16.8. The number of aliphatic hydroxyl groups is 1. The van der Waals surface area contributed by atoms with E-state index in [2.05, 4.69) is 11.0 Å². The molecule has 30 heavy (non-hydrogen) atoms. The minimum atomic E-state index is -0.635. The largest absolute Gasteiger partial charge is 0.490 e. The monoisotopic (exact) mass is 409 g/mol. The van der Waals surface area contributed by atoms with Crippen LogP contribution < -0.4 is 9.64 Å². The van der Waals surface area contributed by atoms with Crippen LogP contribution in [0.5, 0.6) is 5.75 Å². The number of benzene rings is 2. The van der Waals surface area contributed by atoms with Crippen molar-refractivity contribution < 1.29 is 23.7 Å². The first kappa shape index (κ1) is 19.2. The molecule has 0 radical (unpaired) electrons. The third-order valence-electron chi connectivity index (χ3n) is 5.60. The van der Waals surface area contributed by atoms with Gasteiger partial charge in [0.15, 0.2) is 6.23 Å². The second kappa shape index (κ2) is 7.45. The molecule has 156 valence electrons. The Labute approximate surface area is 175 Å². The molecule has 0 amide bonds. The first-order chi connectivity index (χ1) is 14.5. The molecule has 1 N–H and O–H groups in total. The number of ether oxygens (including phenoxy) is 3. The van der Waals surface area contributed by atoms with Gasteiger partial charge in [0.1, 0.15) is 36.6 Å². The van der Waals surface area contributed by atoms with E-state index in [0.717, 1.165) is 41.2 Å². The molecule has 1 aliphatic carbocycles.